The van der Waals surface area contributed by atoms with Crippen LogP contribution in [0.2, 0.25) is 5.02 Å². The molecule has 0 saturated carbocycles. The number of anilines is 1. The second-order valence-electron chi connectivity index (χ2n) is 5.91. The minimum atomic E-state index is -0.332. The summed E-state index contributed by atoms with van der Waals surface area (Å²) >= 11 is 6.02. The fraction of sp³-hybridized carbons (Fsp3) is 0.600. The zero-order valence-corrected chi connectivity index (χ0v) is 13.3. The summed E-state index contributed by atoms with van der Waals surface area (Å²) in [6.07, 6.45) is 2.21. The molecule has 0 aromatic heterocycles. The second-order valence-corrected chi connectivity index (χ2v) is 6.34. The highest BCUT2D eigenvalue weighted by molar-refractivity contribution is 6.31. The average Bonchev–Trinajstić information content (AvgIpc) is 2.45. The largest absolute Gasteiger partial charge is 0.366 e. The normalized spacial score (nSPS) is 19.0. The first-order valence-corrected chi connectivity index (χ1v) is 7.77. The number of nitrogens with one attached hydrogen (secondary N) is 1. The summed E-state index contributed by atoms with van der Waals surface area (Å²) in [5.41, 5.74) is 0.776. The molecule has 6 heteroatoms. The van der Waals surface area contributed by atoms with Gasteiger partial charge in [0.25, 0.3) is 5.69 Å². The maximum Gasteiger partial charge on any atom is 0.292 e. The van der Waals surface area contributed by atoms with E-state index in [-0.39, 0.29) is 10.6 Å². The predicted molar refractivity (Wildman–Crippen MR) is 86.2 cm³/mol. The van der Waals surface area contributed by atoms with Gasteiger partial charge in [0, 0.05) is 30.2 Å². The summed E-state index contributed by atoms with van der Waals surface area (Å²) in [6.45, 7) is 6.88. The number of benzene rings is 1. The molecule has 1 aromatic rings. The summed E-state index contributed by atoms with van der Waals surface area (Å²) in [5.74, 6) is 0.514. The third-order valence-corrected chi connectivity index (χ3v) is 4.04. The molecule has 0 aliphatic carbocycles. The standard InChI is InChI=1S/C15H22ClN3O2/c1-11(2)17-9-12-4-3-7-18(10-12)15-8-13(16)5-6-14(15)19(20)21/h5-6,8,11-12,17H,3-4,7,9-10H2,1-2H3. The molecule has 2 rings (SSSR count). The topological polar surface area (TPSA) is 58.4 Å². The number of nitro benzene ring substituents is 1. The minimum absolute atomic E-state index is 0.136. The zero-order valence-electron chi connectivity index (χ0n) is 12.5. The molecule has 1 atom stereocenters. The fourth-order valence-electron chi connectivity index (χ4n) is 2.76. The summed E-state index contributed by atoms with van der Waals surface area (Å²) in [5, 5.41) is 15.2. The molecule has 116 valence electrons. The Morgan fingerprint density at radius 1 is 1.52 bits per heavy atom. The Morgan fingerprint density at radius 3 is 2.95 bits per heavy atom. The third kappa shape index (κ3) is 4.32. The Kier molecular flexibility index (Phi) is 5.42. The van der Waals surface area contributed by atoms with Crippen LogP contribution in [0.15, 0.2) is 18.2 Å². The van der Waals surface area contributed by atoms with E-state index in [1.54, 1.807) is 12.1 Å². The van der Waals surface area contributed by atoms with Crippen LogP contribution in [-0.2, 0) is 0 Å². The Bertz CT molecular complexity index is 508. The molecule has 1 N–H and O–H groups in total. The molecule has 1 aromatic carbocycles. The van der Waals surface area contributed by atoms with E-state index in [2.05, 4.69) is 24.1 Å². The van der Waals surface area contributed by atoms with E-state index >= 15 is 0 Å². The van der Waals surface area contributed by atoms with Gasteiger partial charge in [-0.25, -0.2) is 0 Å². The molecule has 1 unspecified atom stereocenters. The van der Waals surface area contributed by atoms with Gasteiger partial charge in [0.15, 0.2) is 0 Å². The Morgan fingerprint density at radius 2 is 2.29 bits per heavy atom. The van der Waals surface area contributed by atoms with Gasteiger partial charge in [0.2, 0.25) is 0 Å². The van der Waals surface area contributed by atoms with Crippen molar-refractivity contribution in [3.8, 4) is 0 Å². The quantitative estimate of drug-likeness (QED) is 0.668. The van der Waals surface area contributed by atoms with Gasteiger partial charge in [-0.3, -0.25) is 10.1 Å². The van der Waals surface area contributed by atoms with Gasteiger partial charge in [0.1, 0.15) is 5.69 Å². The fourth-order valence-corrected chi connectivity index (χ4v) is 2.92. The third-order valence-electron chi connectivity index (χ3n) is 3.81. The molecule has 0 amide bonds. The summed E-state index contributed by atoms with van der Waals surface area (Å²) < 4.78 is 0. The highest BCUT2D eigenvalue weighted by Gasteiger charge is 2.25. The van der Waals surface area contributed by atoms with Gasteiger partial charge in [-0.2, -0.15) is 0 Å². The average molecular weight is 312 g/mol. The number of piperidine rings is 1. The van der Waals surface area contributed by atoms with Gasteiger partial charge in [-0.15, -0.1) is 0 Å². The lowest BCUT2D eigenvalue weighted by Crippen LogP contribution is -2.41. The molecule has 1 fully saturated rings. The number of hydrogen-bond donors (Lipinski definition) is 1. The summed E-state index contributed by atoms with van der Waals surface area (Å²) in [7, 11) is 0. The molecular weight excluding hydrogens is 290 g/mol. The molecule has 0 bridgehead atoms. The van der Waals surface area contributed by atoms with Crippen molar-refractivity contribution in [2.24, 2.45) is 5.92 Å². The lowest BCUT2D eigenvalue weighted by atomic mass is 9.97. The van der Waals surface area contributed by atoms with Crippen molar-refractivity contribution in [1.29, 1.82) is 0 Å². The first-order valence-electron chi connectivity index (χ1n) is 7.39. The van der Waals surface area contributed by atoms with Gasteiger partial charge in [-0.05, 0) is 37.4 Å². The molecule has 5 nitrogen and oxygen atoms in total. The summed E-state index contributed by atoms with van der Waals surface area (Å²) in [6, 6.07) is 5.23. The van der Waals surface area contributed by atoms with E-state index in [1.807, 2.05) is 0 Å². The van der Waals surface area contributed by atoms with E-state index < -0.39 is 0 Å². The maximum absolute atomic E-state index is 11.2. The molecule has 1 aliphatic rings. The molecule has 1 saturated heterocycles. The molecule has 1 aliphatic heterocycles. The second kappa shape index (κ2) is 7.09. The molecule has 21 heavy (non-hydrogen) atoms. The van der Waals surface area contributed by atoms with E-state index in [0.717, 1.165) is 32.5 Å². The highest BCUT2D eigenvalue weighted by atomic mass is 35.5. The van der Waals surface area contributed by atoms with Crippen LogP contribution in [0.4, 0.5) is 11.4 Å². The molecular formula is C15H22ClN3O2. The van der Waals surface area contributed by atoms with Crippen LogP contribution in [0.25, 0.3) is 0 Å². The van der Waals surface area contributed by atoms with Crippen LogP contribution in [0.3, 0.4) is 0 Å². The first-order chi connectivity index (χ1) is 9.97. The molecule has 0 radical (unpaired) electrons. The number of halogens is 1. The number of nitrogens with zero attached hydrogens (tertiary/aromatic N) is 2. The van der Waals surface area contributed by atoms with Crippen molar-refractivity contribution < 1.29 is 4.92 Å². The van der Waals surface area contributed by atoms with Gasteiger partial charge < -0.3 is 10.2 Å². The van der Waals surface area contributed by atoms with E-state index in [9.17, 15) is 10.1 Å². The monoisotopic (exact) mass is 311 g/mol. The maximum atomic E-state index is 11.2. The van der Waals surface area contributed by atoms with Crippen LogP contribution in [0, 0.1) is 16.0 Å². The lowest BCUT2D eigenvalue weighted by Gasteiger charge is -2.34. The van der Waals surface area contributed by atoms with Crippen molar-refractivity contribution in [2.75, 3.05) is 24.5 Å². The SMILES string of the molecule is CC(C)NCC1CCCN(c2cc(Cl)ccc2[N+](=O)[O-])C1. The Hall–Kier alpha value is -1.33. The van der Waals surface area contributed by atoms with Gasteiger partial charge in [-0.1, -0.05) is 25.4 Å². The van der Waals surface area contributed by atoms with E-state index in [1.165, 1.54) is 6.07 Å². The smallest absolute Gasteiger partial charge is 0.292 e. The predicted octanol–water partition coefficient (Wildman–Crippen LogP) is 3.46. The lowest BCUT2D eigenvalue weighted by molar-refractivity contribution is -0.384. The van der Waals surface area contributed by atoms with Crippen molar-refractivity contribution >= 4 is 23.0 Å². The van der Waals surface area contributed by atoms with Crippen LogP contribution in [0.5, 0.6) is 0 Å². The van der Waals surface area contributed by atoms with Gasteiger partial charge >= 0.3 is 0 Å². The number of hydrogen-bond acceptors (Lipinski definition) is 4. The Balaban J connectivity index is 2.13. The van der Waals surface area contributed by atoms with Crippen molar-refractivity contribution in [3.05, 3.63) is 33.3 Å². The van der Waals surface area contributed by atoms with Crippen LogP contribution < -0.4 is 10.2 Å². The Labute approximate surface area is 130 Å². The molecule has 0 spiro atoms. The van der Waals surface area contributed by atoms with Crippen LogP contribution in [-0.4, -0.2) is 30.6 Å². The van der Waals surface area contributed by atoms with Crippen molar-refractivity contribution in [3.63, 3.8) is 0 Å². The van der Waals surface area contributed by atoms with Crippen LogP contribution in [0.1, 0.15) is 26.7 Å². The van der Waals surface area contributed by atoms with E-state index in [4.69, 9.17) is 11.6 Å². The molecule has 1 heterocycles. The first kappa shape index (κ1) is 16.0. The van der Waals surface area contributed by atoms with Gasteiger partial charge in [0.05, 0.1) is 4.92 Å². The number of nitro groups is 1. The van der Waals surface area contributed by atoms with Crippen molar-refractivity contribution in [2.45, 2.75) is 32.7 Å². The van der Waals surface area contributed by atoms with Crippen molar-refractivity contribution in [1.82, 2.24) is 5.32 Å². The summed E-state index contributed by atoms with van der Waals surface area (Å²) in [4.78, 5) is 13.0. The highest BCUT2D eigenvalue weighted by Crippen LogP contribution is 2.33. The zero-order chi connectivity index (χ0) is 15.4. The van der Waals surface area contributed by atoms with E-state index in [0.29, 0.717) is 22.7 Å². The minimum Gasteiger partial charge on any atom is -0.366 e. The van der Waals surface area contributed by atoms with Crippen LogP contribution >= 0.6 is 11.6 Å². The number of rotatable bonds is 5.